The number of nitrogens with zero attached hydrogens (tertiary/aromatic N) is 2. The van der Waals surface area contributed by atoms with Gasteiger partial charge in [0.15, 0.2) is 5.16 Å². The van der Waals surface area contributed by atoms with E-state index in [1.807, 2.05) is 0 Å². The molecular formula is C12H10F3N3OS. The van der Waals surface area contributed by atoms with Crippen molar-refractivity contribution in [2.24, 2.45) is 0 Å². The third-order valence-corrected chi connectivity index (χ3v) is 2.82. The summed E-state index contributed by atoms with van der Waals surface area (Å²) < 4.78 is 43.0. The molecule has 0 aliphatic heterocycles. The molecule has 2 aromatic rings. The number of aromatic nitrogens is 2. The highest BCUT2D eigenvalue weighted by molar-refractivity contribution is 7.98. The van der Waals surface area contributed by atoms with Crippen molar-refractivity contribution in [1.82, 2.24) is 9.97 Å². The SMILES string of the molecule is CSc1nc(N)cc(Oc2cccc(C(F)(F)F)c2)n1. The van der Waals surface area contributed by atoms with Crippen LogP contribution in [0.5, 0.6) is 11.6 Å². The molecule has 8 heteroatoms. The molecule has 2 N–H and O–H groups in total. The summed E-state index contributed by atoms with van der Waals surface area (Å²) in [7, 11) is 0. The molecule has 0 aliphatic carbocycles. The first-order valence-electron chi connectivity index (χ1n) is 5.42. The van der Waals surface area contributed by atoms with E-state index in [0.717, 1.165) is 12.1 Å². The number of alkyl halides is 3. The van der Waals surface area contributed by atoms with Crippen LogP contribution in [0.25, 0.3) is 0 Å². The zero-order valence-electron chi connectivity index (χ0n) is 10.3. The van der Waals surface area contributed by atoms with Gasteiger partial charge in [0, 0.05) is 6.07 Å². The van der Waals surface area contributed by atoms with Gasteiger partial charge >= 0.3 is 6.18 Å². The summed E-state index contributed by atoms with van der Waals surface area (Å²) in [5.74, 6) is 0.317. The summed E-state index contributed by atoms with van der Waals surface area (Å²) >= 11 is 1.25. The van der Waals surface area contributed by atoms with E-state index in [1.165, 1.54) is 30.0 Å². The van der Waals surface area contributed by atoms with Crippen molar-refractivity contribution < 1.29 is 17.9 Å². The Labute approximate surface area is 117 Å². The zero-order valence-corrected chi connectivity index (χ0v) is 11.1. The summed E-state index contributed by atoms with van der Waals surface area (Å²) in [5, 5.41) is 0.381. The average molecular weight is 301 g/mol. The van der Waals surface area contributed by atoms with Crippen molar-refractivity contribution in [2.45, 2.75) is 11.3 Å². The Morgan fingerprint density at radius 2 is 1.95 bits per heavy atom. The molecule has 20 heavy (non-hydrogen) atoms. The maximum Gasteiger partial charge on any atom is 0.416 e. The van der Waals surface area contributed by atoms with Crippen LogP contribution in [-0.2, 0) is 6.18 Å². The lowest BCUT2D eigenvalue weighted by atomic mass is 10.2. The fraction of sp³-hybridized carbons (Fsp3) is 0.167. The van der Waals surface area contributed by atoms with E-state index in [2.05, 4.69) is 9.97 Å². The first-order chi connectivity index (χ1) is 9.38. The van der Waals surface area contributed by atoms with Gasteiger partial charge in [-0.1, -0.05) is 17.8 Å². The van der Waals surface area contributed by atoms with Crippen LogP contribution in [0.2, 0.25) is 0 Å². The zero-order chi connectivity index (χ0) is 14.8. The van der Waals surface area contributed by atoms with Gasteiger partial charge in [-0.05, 0) is 24.5 Å². The van der Waals surface area contributed by atoms with E-state index in [9.17, 15) is 13.2 Å². The predicted octanol–water partition coefficient (Wildman–Crippen LogP) is 3.59. The Kier molecular flexibility index (Phi) is 4.03. The highest BCUT2D eigenvalue weighted by Crippen LogP contribution is 2.32. The molecule has 0 atom stereocenters. The summed E-state index contributed by atoms with van der Waals surface area (Å²) in [6, 6.07) is 5.88. The number of rotatable bonds is 3. The Morgan fingerprint density at radius 3 is 2.60 bits per heavy atom. The van der Waals surface area contributed by atoms with Gasteiger partial charge in [0.1, 0.15) is 11.6 Å². The fourth-order valence-corrected chi connectivity index (χ4v) is 1.80. The number of thioether (sulfide) groups is 1. The number of nitrogen functional groups attached to an aromatic ring is 1. The molecule has 0 unspecified atom stereocenters. The van der Waals surface area contributed by atoms with Crippen LogP contribution in [0.15, 0.2) is 35.5 Å². The van der Waals surface area contributed by atoms with Crippen molar-refractivity contribution in [3.63, 3.8) is 0 Å². The van der Waals surface area contributed by atoms with Gasteiger partial charge < -0.3 is 10.5 Å². The Morgan fingerprint density at radius 1 is 1.20 bits per heavy atom. The second-order valence-corrected chi connectivity index (χ2v) is 4.52. The molecule has 0 amide bonds. The number of benzene rings is 1. The van der Waals surface area contributed by atoms with Gasteiger partial charge in [0.2, 0.25) is 5.88 Å². The van der Waals surface area contributed by atoms with Gasteiger partial charge in [0.05, 0.1) is 5.56 Å². The molecule has 1 aromatic carbocycles. The maximum absolute atomic E-state index is 12.6. The lowest BCUT2D eigenvalue weighted by molar-refractivity contribution is -0.137. The molecule has 0 spiro atoms. The second-order valence-electron chi connectivity index (χ2n) is 3.75. The molecule has 1 aromatic heterocycles. The van der Waals surface area contributed by atoms with Gasteiger partial charge in [-0.15, -0.1) is 0 Å². The van der Waals surface area contributed by atoms with Crippen LogP contribution in [0.3, 0.4) is 0 Å². The molecule has 0 radical (unpaired) electrons. The normalized spacial score (nSPS) is 11.4. The summed E-state index contributed by atoms with van der Waals surface area (Å²) in [6.07, 6.45) is -2.67. The van der Waals surface area contributed by atoms with E-state index >= 15 is 0 Å². The van der Waals surface area contributed by atoms with Gasteiger partial charge in [-0.25, -0.2) is 4.98 Å². The highest BCUT2D eigenvalue weighted by atomic mass is 32.2. The second kappa shape index (κ2) is 5.58. The Bertz CT molecular complexity index is 619. The van der Waals surface area contributed by atoms with Crippen LogP contribution < -0.4 is 10.5 Å². The van der Waals surface area contributed by atoms with Gasteiger partial charge in [-0.2, -0.15) is 18.2 Å². The summed E-state index contributed by atoms with van der Waals surface area (Å²) in [6.45, 7) is 0. The quantitative estimate of drug-likeness (QED) is 0.693. The Balaban J connectivity index is 2.28. The molecule has 0 saturated heterocycles. The van der Waals surface area contributed by atoms with Crippen LogP contribution in [0.1, 0.15) is 5.56 Å². The molecule has 0 bridgehead atoms. The molecule has 2 rings (SSSR count). The van der Waals surface area contributed by atoms with E-state index < -0.39 is 11.7 Å². The largest absolute Gasteiger partial charge is 0.439 e. The molecule has 0 fully saturated rings. The number of hydrogen-bond acceptors (Lipinski definition) is 5. The predicted molar refractivity (Wildman–Crippen MR) is 69.7 cm³/mol. The molecular weight excluding hydrogens is 291 g/mol. The molecule has 1 heterocycles. The first kappa shape index (κ1) is 14.4. The number of halogens is 3. The van der Waals surface area contributed by atoms with Crippen molar-refractivity contribution >= 4 is 17.6 Å². The minimum atomic E-state index is -4.42. The minimum absolute atomic E-state index is 0.0324. The number of anilines is 1. The number of hydrogen-bond donors (Lipinski definition) is 1. The van der Waals surface area contributed by atoms with E-state index in [4.69, 9.17) is 10.5 Å². The van der Waals surface area contributed by atoms with Crippen molar-refractivity contribution in [3.8, 4) is 11.6 Å². The van der Waals surface area contributed by atoms with E-state index in [0.29, 0.717) is 5.16 Å². The molecule has 0 saturated carbocycles. The topological polar surface area (TPSA) is 61.0 Å². The van der Waals surface area contributed by atoms with E-state index in [-0.39, 0.29) is 17.4 Å². The molecule has 0 aliphatic rings. The van der Waals surface area contributed by atoms with Crippen LogP contribution in [0, 0.1) is 0 Å². The van der Waals surface area contributed by atoms with Crippen molar-refractivity contribution in [1.29, 1.82) is 0 Å². The van der Waals surface area contributed by atoms with Crippen LogP contribution in [0.4, 0.5) is 19.0 Å². The summed E-state index contributed by atoms with van der Waals surface area (Å²) in [5.41, 5.74) is 4.77. The van der Waals surface area contributed by atoms with Crippen molar-refractivity contribution in [2.75, 3.05) is 12.0 Å². The number of nitrogens with two attached hydrogens (primary N) is 1. The first-order valence-corrected chi connectivity index (χ1v) is 6.64. The fourth-order valence-electron chi connectivity index (χ4n) is 1.42. The smallest absolute Gasteiger partial charge is 0.416 e. The van der Waals surface area contributed by atoms with Gasteiger partial charge in [-0.3, -0.25) is 0 Å². The number of ether oxygens (including phenoxy) is 1. The third kappa shape index (κ3) is 3.53. The lowest BCUT2D eigenvalue weighted by Crippen LogP contribution is -2.04. The molecule has 106 valence electrons. The average Bonchev–Trinajstić information content (AvgIpc) is 2.37. The monoisotopic (exact) mass is 301 g/mol. The highest BCUT2D eigenvalue weighted by Gasteiger charge is 2.30. The molecule has 4 nitrogen and oxygen atoms in total. The van der Waals surface area contributed by atoms with E-state index in [1.54, 1.807) is 6.26 Å². The summed E-state index contributed by atoms with van der Waals surface area (Å²) in [4.78, 5) is 7.93. The lowest BCUT2D eigenvalue weighted by Gasteiger charge is -2.10. The van der Waals surface area contributed by atoms with Crippen molar-refractivity contribution in [3.05, 3.63) is 35.9 Å². The standard InChI is InChI=1S/C12H10F3N3OS/c1-20-11-17-9(16)6-10(18-11)19-8-4-2-3-7(5-8)12(13,14)15/h2-6H,1H3,(H2,16,17,18). The Hall–Kier alpha value is -1.96. The maximum atomic E-state index is 12.6. The van der Waals surface area contributed by atoms with Gasteiger partial charge in [0.25, 0.3) is 0 Å². The minimum Gasteiger partial charge on any atom is -0.439 e. The third-order valence-electron chi connectivity index (χ3n) is 2.27. The van der Waals surface area contributed by atoms with Crippen LogP contribution >= 0.6 is 11.8 Å². The van der Waals surface area contributed by atoms with Crippen LogP contribution in [-0.4, -0.2) is 16.2 Å².